The number of ether oxygens (including phenoxy) is 12. The smallest absolute Gasteiger partial charge is 0.420 e. The number of allylic oxidation sites excluding steroid dienone is 1. The van der Waals surface area contributed by atoms with E-state index in [-0.39, 0.29) is 73.7 Å². The van der Waals surface area contributed by atoms with E-state index in [0.717, 1.165) is 15.8 Å². The predicted octanol–water partition coefficient (Wildman–Crippen LogP) is 10.7. The van der Waals surface area contributed by atoms with Gasteiger partial charge in [0.25, 0.3) is 0 Å². The molecule has 1 amide bonds. The second-order valence-corrected chi connectivity index (χ2v) is 32.9. The Morgan fingerprint density at radius 1 is 0.684 bits per heavy atom. The number of carbonyl (C=O) groups is 9. The highest BCUT2D eigenvalue weighted by Crippen LogP contribution is 2.46. The quantitative estimate of drug-likeness (QED) is 0.0251. The number of unbranched alkanes of at least 4 members (excludes halogenated alkanes) is 1. The van der Waals surface area contributed by atoms with Crippen molar-refractivity contribution in [2.75, 3.05) is 56.1 Å². The summed E-state index contributed by atoms with van der Waals surface area (Å²) in [4.78, 5) is 145. The van der Waals surface area contributed by atoms with Crippen molar-refractivity contribution in [3.63, 3.8) is 0 Å². The second kappa shape index (κ2) is 40.4. The number of hydrogen-bond acceptors (Lipinski definition) is 27. The van der Waals surface area contributed by atoms with Crippen molar-refractivity contribution >= 4 is 53.2 Å². The lowest BCUT2D eigenvalue weighted by Crippen LogP contribution is -2.60. The summed E-state index contributed by atoms with van der Waals surface area (Å²) in [5.41, 5.74) is -3.89. The maximum atomic E-state index is 14.8. The summed E-state index contributed by atoms with van der Waals surface area (Å²) in [7, 11) is 12.0. The van der Waals surface area contributed by atoms with Gasteiger partial charge >= 0.3 is 30.1 Å². The van der Waals surface area contributed by atoms with Gasteiger partial charge in [0.15, 0.2) is 47.2 Å². The molecular formula is C87H124N8O22. The number of aryl methyl sites for hydroxylation is 1. The summed E-state index contributed by atoms with van der Waals surface area (Å²) in [6.07, 6.45) is 5.51. The van der Waals surface area contributed by atoms with Gasteiger partial charge in [0.2, 0.25) is 5.88 Å². The number of aromatic nitrogens is 5. The van der Waals surface area contributed by atoms with Gasteiger partial charge < -0.3 is 76.3 Å². The third-order valence-corrected chi connectivity index (χ3v) is 24.1. The number of imidazole rings is 2. The van der Waals surface area contributed by atoms with Crippen LogP contribution < -0.4 is 4.74 Å². The standard InChI is InChI=1S/C45H67N5O11.C42H57N3O11/c1-13-34-45(14-2)39(50(43(55)61-45)20-16-15-19-49-24-32(47-25-49)31-17-18-35(56-11)46-23-31)28(5)36(51)26(3)22-44(8,57-12)40(29(6)37(52)30(7)41(54)59-34)60-42-38(53)33(48(9)10)21-27(4)58-42;1-12-32-42(13-2,56-40(50)45-20-19-43-24-45)23-26(4)33(46)25(3)22-41(8,51-11)36(28(6)34(47)29(7)37(48)53-32)55-39-35(31(44(9)10)21-27(5)52-39)54-38(49)30-17-15-14-16-18-30/h14,17-18,23-30,33-34,38-40,42,53H,2,13,15-16,19-22H2,1,3-12H3;13-20,23-25,27-29,31-32,35-36,39H,2,12,21-22H2,1,3-11H3/b;26-23+/t26-,27-,28+,29+,30-,33+,34-,38-,39-,40-,42?,44+,45-;25-,27-,28+,29-,31+,32-,35-,36-,39?,41+,42+/m11/s1. The molecule has 5 aliphatic rings. The van der Waals surface area contributed by atoms with Crippen LogP contribution in [0.25, 0.3) is 11.3 Å². The molecule has 0 bridgehead atoms. The first kappa shape index (κ1) is 93.8. The van der Waals surface area contributed by atoms with Gasteiger partial charge in [-0.1, -0.05) is 79.8 Å². The van der Waals surface area contributed by atoms with Crippen molar-refractivity contribution in [3.05, 3.63) is 122 Å². The normalized spacial score (nSPS) is 34.9. The van der Waals surface area contributed by atoms with Crippen LogP contribution in [0.5, 0.6) is 5.88 Å². The van der Waals surface area contributed by atoms with Crippen LogP contribution in [0, 0.1) is 41.4 Å². The molecule has 0 radical (unpaired) electrons. The number of benzene rings is 1. The number of nitrogens with zero attached hydrogens (tertiary/aromatic N) is 8. The molecule has 117 heavy (non-hydrogen) atoms. The highest BCUT2D eigenvalue weighted by atomic mass is 16.7. The molecule has 644 valence electrons. The Hall–Kier alpha value is -8.72. The first-order valence-corrected chi connectivity index (χ1v) is 40.5. The lowest BCUT2D eigenvalue weighted by atomic mass is 9.72. The van der Waals surface area contributed by atoms with E-state index < -0.39 is 161 Å². The minimum atomic E-state index is -1.80. The Balaban J connectivity index is 0.000000293. The Morgan fingerprint density at radius 2 is 1.25 bits per heavy atom. The van der Waals surface area contributed by atoms with Gasteiger partial charge in [0.1, 0.15) is 42.3 Å². The summed E-state index contributed by atoms with van der Waals surface area (Å²) >= 11 is 0. The maximum Gasteiger partial charge on any atom is 0.420 e. The van der Waals surface area contributed by atoms with Crippen LogP contribution in [0.4, 0.5) is 9.59 Å². The summed E-state index contributed by atoms with van der Waals surface area (Å²) in [5.74, 6) is -10.2. The van der Waals surface area contributed by atoms with Crippen LogP contribution in [0.3, 0.4) is 0 Å². The van der Waals surface area contributed by atoms with Gasteiger partial charge in [-0.05, 0) is 170 Å². The van der Waals surface area contributed by atoms with E-state index >= 15 is 0 Å². The molecule has 0 spiro atoms. The highest BCUT2D eigenvalue weighted by molar-refractivity contribution is 6.01. The summed E-state index contributed by atoms with van der Waals surface area (Å²) in [5, 5.41) is 11.5. The number of aliphatic hydroxyl groups is 1. The molecule has 24 atom stereocenters. The molecule has 0 aliphatic carbocycles. The van der Waals surface area contributed by atoms with Gasteiger partial charge in [-0.2, -0.15) is 0 Å². The average Bonchev–Trinajstić information content (AvgIpc) is 1.55. The van der Waals surface area contributed by atoms with E-state index in [0.29, 0.717) is 43.7 Å². The van der Waals surface area contributed by atoms with E-state index in [1.165, 1.54) is 65.0 Å². The minimum Gasteiger partial charge on any atom is -0.481 e. The minimum absolute atomic E-state index is 0.0512. The highest BCUT2D eigenvalue weighted by Gasteiger charge is 2.62. The van der Waals surface area contributed by atoms with Crippen molar-refractivity contribution in [2.45, 2.75) is 257 Å². The zero-order valence-corrected chi connectivity index (χ0v) is 71.9. The molecule has 8 heterocycles. The lowest BCUT2D eigenvalue weighted by molar-refractivity contribution is -0.295. The molecule has 2 unspecified atom stereocenters. The molecule has 1 N–H and O–H groups in total. The fraction of sp³-hybridized carbons (Fsp3) is 0.632. The first-order chi connectivity index (χ1) is 55.3. The van der Waals surface area contributed by atoms with Crippen molar-refractivity contribution in [1.29, 1.82) is 0 Å². The summed E-state index contributed by atoms with van der Waals surface area (Å²) < 4.78 is 77.0. The topological polar surface area (TPSA) is 343 Å². The maximum absolute atomic E-state index is 14.8. The Kier molecular flexibility index (Phi) is 32.3. The van der Waals surface area contributed by atoms with Crippen LogP contribution in [-0.2, 0) is 87.4 Å². The average molecular weight is 1630 g/mol. The number of pyridine rings is 1. The first-order valence-electron chi connectivity index (χ1n) is 40.5. The van der Waals surface area contributed by atoms with Gasteiger partial charge in [-0.25, -0.2) is 33.9 Å². The number of aliphatic hydroxyl groups excluding tert-OH is 1. The van der Waals surface area contributed by atoms with Crippen LogP contribution in [-0.4, -0.2) is 255 Å². The van der Waals surface area contributed by atoms with Crippen molar-refractivity contribution in [2.24, 2.45) is 41.4 Å². The number of hydrogen-bond donors (Lipinski definition) is 1. The fourth-order valence-electron chi connectivity index (χ4n) is 17.2. The number of amides is 1. The van der Waals surface area contributed by atoms with Crippen molar-refractivity contribution in [3.8, 4) is 17.1 Å². The molecule has 9 rings (SSSR count). The van der Waals surface area contributed by atoms with E-state index in [1.807, 2.05) is 68.7 Å². The molecular weight excluding hydrogens is 1510 g/mol. The van der Waals surface area contributed by atoms with Crippen LogP contribution in [0.15, 0.2) is 117 Å². The number of rotatable bonds is 22. The molecule has 30 heteroatoms. The number of ketones is 4. The van der Waals surface area contributed by atoms with Crippen LogP contribution in [0.2, 0.25) is 0 Å². The van der Waals surface area contributed by atoms with E-state index in [4.69, 9.17) is 56.8 Å². The van der Waals surface area contributed by atoms with E-state index in [2.05, 4.69) is 28.1 Å². The molecule has 3 aromatic heterocycles. The summed E-state index contributed by atoms with van der Waals surface area (Å²) in [6.45, 7) is 32.7. The zero-order chi connectivity index (χ0) is 86.5. The molecule has 1 aromatic carbocycles. The molecule has 30 nitrogen and oxygen atoms in total. The SMILES string of the molecule is C=C[C@]1(OC(=O)n2ccnc2)/C=C(\C)C(=O)[C@H](C)C[C@](C)(OC)[C@H](OC2O[C@H](C)C[C@H](N(C)C)[C@H]2OC(=O)c2ccccc2)[C@@H](C)C(=O)[C@@H](C)C(=O)O[C@@H]1CC.C=C[C@]12OC(=O)N(CCCCn3cnc(-c4ccc(OC)nc4)c3)[C@@H]1[C@@H](C)C(=O)[C@H](C)C[C@](C)(OC)[C@H](OC1O[C@H](C)C[C@H](N(C)C)[C@H]1O)[C@@H](C)C(=O)[C@@H](C)C(=O)O[C@@H]2CC. The van der Waals surface area contributed by atoms with Gasteiger partial charge in [0.05, 0.1) is 72.4 Å². The Labute approximate surface area is 687 Å². The number of carbonyl (C=O) groups excluding carboxylic acids is 9. The molecule has 4 saturated heterocycles. The fourth-order valence-corrected chi connectivity index (χ4v) is 17.2. The Morgan fingerprint density at radius 3 is 1.78 bits per heavy atom. The lowest BCUT2D eigenvalue weighted by Gasteiger charge is -2.47. The van der Waals surface area contributed by atoms with E-state index in [9.17, 15) is 48.3 Å². The third-order valence-electron chi connectivity index (χ3n) is 24.1. The van der Waals surface area contributed by atoms with Gasteiger partial charge in [-0.15, -0.1) is 0 Å². The molecule has 4 aromatic rings. The second-order valence-electron chi connectivity index (χ2n) is 32.9. The summed E-state index contributed by atoms with van der Waals surface area (Å²) in [6, 6.07) is 10.7. The number of esters is 3. The molecule has 4 fully saturated rings. The largest absolute Gasteiger partial charge is 0.481 e. The van der Waals surface area contributed by atoms with Crippen LogP contribution in [0.1, 0.15) is 159 Å². The van der Waals surface area contributed by atoms with Gasteiger partial charge in [-0.3, -0.25) is 33.7 Å². The van der Waals surface area contributed by atoms with E-state index in [1.54, 1.807) is 130 Å². The number of fused-ring (bicyclic) bond motifs is 1. The molecule has 0 saturated carbocycles. The van der Waals surface area contributed by atoms with Crippen molar-refractivity contribution < 1.29 is 105 Å². The van der Waals surface area contributed by atoms with Gasteiger partial charge in [0, 0.05) is 99.4 Å². The number of methoxy groups -OCH3 is 3. The Bertz CT molecular complexity index is 4120. The van der Waals surface area contributed by atoms with Crippen LogP contribution >= 0.6 is 0 Å². The monoisotopic (exact) mass is 1630 g/mol. The number of cyclic esters (lactones) is 2. The predicted molar refractivity (Wildman–Crippen MR) is 431 cm³/mol. The zero-order valence-electron chi connectivity index (χ0n) is 71.9. The number of likely N-dealkylation sites (N-methyl/N-ethyl adjacent to an activating group) is 2. The third kappa shape index (κ3) is 21.1. The molecule has 5 aliphatic heterocycles. The number of Topliss-reactive ketones (excluding diaryl/α,β-unsaturated/α-hetero) is 4. The van der Waals surface area contributed by atoms with Crippen molar-refractivity contribution in [1.82, 2.24) is 38.8 Å².